The fraction of sp³-hybridized carbons (Fsp3) is 0.367. The summed E-state index contributed by atoms with van der Waals surface area (Å²) in [6.45, 7) is 1.96. The maximum absolute atomic E-state index is 15.0. The first-order valence-electron chi connectivity index (χ1n) is 13.9. The maximum Gasteiger partial charge on any atom is 0.421 e. The summed E-state index contributed by atoms with van der Waals surface area (Å²) in [5, 5.41) is 9.46. The van der Waals surface area contributed by atoms with Crippen LogP contribution in [-0.4, -0.2) is 49.8 Å². The third-order valence-electron chi connectivity index (χ3n) is 8.13. The van der Waals surface area contributed by atoms with E-state index in [0.29, 0.717) is 30.1 Å². The Balaban J connectivity index is 1.33. The van der Waals surface area contributed by atoms with E-state index >= 15 is 0 Å². The van der Waals surface area contributed by atoms with Gasteiger partial charge in [0.05, 0.1) is 47.6 Å². The molecule has 2 aliphatic rings. The minimum Gasteiger partial charge on any atom is -0.478 e. The summed E-state index contributed by atoms with van der Waals surface area (Å²) in [6, 6.07) is 3.30. The molecule has 1 fully saturated rings. The molecule has 0 saturated carbocycles. The molecule has 1 saturated heterocycles. The molecule has 2 atom stereocenters. The lowest BCUT2D eigenvalue weighted by Gasteiger charge is -2.35. The van der Waals surface area contributed by atoms with Crippen molar-refractivity contribution in [3.8, 4) is 5.88 Å². The van der Waals surface area contributed by atoms with Gasteiger partial charge in [-0.15, -0.1) is 0 Å². The summed E-state index contributed by atoms with van der Waals surface area (Å²) >= 11 is 0. The average molecular weight is 639 g/mol. The van der Waals surface area contributed by atoms with E-state index in [-0.39, 0.29) is 54.4 Å². The zero-order valence-electron chi connectivity index (χ0n) is 23.6. The van der Waals surface area contributed by atoms with Crippen LogP contribution in [0, 0.1) is 23.3 Å². The number of nitrogens with zero attached hydrogens (tertiary/aromatic N) is 4. The van der Waals surface area contributed by atoms with Crippen molar-refractivity contribution in [3.63, 3.8) is 0 Å². The third kappa shape index (κ3) is 5.93. The molecule has 0 radical (unpaired) electrons. The number of alkyl halides is 3. The number of carbonyl (C=O) groups is 1. The summed E-state index contributed by atoms with van der Waals surface area (Å²) in [6.07, 6.45) is -4.19. The highest BCUT2D eigenvalue weighted by Crippen LogP contribution is 2.40. The highest BCUT2D eigenvalue weighted by molar-refractivity contribution is 5.92. The smallest absolute Gasteiger partial charge is 0.421 e. The fourth-order valence-electron chi connectivity index (χ4n) is 5.61. The van der Waals surface area contributed by atoms with Crippen LogP contribution >= 0.6 is 0 Å². The number of fused-ring (bicyclic) bond motifs is 2. The van der Waals surface area contributed by atoms with Gasteiger partial charge in [-0.05, 0) is 43.5 Å². The molecule has 45 heavy (non-hydrogen) atoms. The molecule has 6 rings (SSSR count). The molecular formula is C30H25F7N4O4. The first-order valence-corrected chi connectivity index (χ1v) is 13.9. The Morgan fingerprint density at radius 3 is 2.40 bits per heavy atom. The normalized spacial score (nSPS) is 18.6. The summed E-state index contributed by atoms with van der Waals surface area (Å²) < 4.78 is 111. The summed E-state index contributed by atoms with van der Waals surface area (Å²) in [5.41, 5.74) is -1.46. The zero-order chi connectivity index (χ0) is 32.2. The van der Waals surface area contributed by atoms with Gasteiger partial charge in [0.25, 0.3) is 0 Å². The highest BCUT2D eigenvalue weighted by atomic mass is 19.4. The Morgan fingerprint density at radius 2 is 1.78 bits per heavy atom. The van der Waals surface area contributed by atoms with Crippen LogP contribution in [0.1, 0.15) is 58.0 Å². The van der Waals surface area contributed by atoms with Crippen molar-refractivity contribution in [1.82, 2.24) is 19.4 Å². The van der Waals surface area contributed by atoms with Crippen LogP contribution in [-0.2, 0) is 37.0 Å². The van der Waals surface area contributed by atoms with Gasteiger partial charge in [-0.3, -0.25) is 4.90 Å². The largest absolute Gasteiger partial charge is 0.478 e. The van der Waals surface area contributed by atoms with Crippen molar-refractivity contribution in [1.29, 1.82) is 0 Å². The standard InChI is InChI=1S/C30H25F7N4O4/c1-14-26-15(6-20(30(35,36)37)28(39-26)45-13-19-21(32)9-17(31)10-22(19)33)2-4-40(14)12-25-38-27-23(34)7-16(29(42)43)8-24(27)41(25)11-18-3-5-44-18/h6-10,14,18H,2-5,11-13H2,1H3,(H,42,43)/t14-,18-/m0/s1. The predicted octanol–water partition coefficient (Wildman–Crippen LogP) is 6.19. The van der Waals surface area contributed by atoms with Gasteiger partial charge in [-0.25, -0.2) is 32.3 Å². The number of carboxylic acids is 1. The van der Waals surface area contributed by atoms with Crippen molar-refractivity contribution in [3.05, 3.63) is 87.4 Å². The van der Waals surface area contributed by atoms with E-state index in [1.165, 1.54) is 6.07 Å². The molecule has 238 valence electrons. The van der Waals surface area contributed by atoms with E-state index in [4.69, 9.17) is 9.47 Å². The lowest BCUT2D eigenvalue weighted by atomic mass is 9.97. The van der Waals surface area contributed by atoms with Crippen LogP contribution in [0.15, 0.2) is 30.3 Å². The second kappa shape index (κ2) is 11.6. The number of benzene rings is 2. The Hall–Kier alpha value is -4.24. The monoisotopic (exact) mass is 638 g/mol. The number of halogens is 7. The highest BCUT2D eigenvalue weighted by Gasteiger charge is 2.39. The van der Waals surface area contributed by atoms with Gasteiger partial charge in [0.1, 0.15) is 41.0 Å². The molecular weight excluding hydrogens is 613 g/mol. The second-order valence-corrected chi connectivity index (χ2v) is 11.0. The minimum absolute atomic E-state index is 0.0247. The number of aromatic nitrogens is 3. The lowest BCUT2D eigenvalue weighted by molar-refractivity contribution is -0.139. The Labute approximate surface area is 251 Å². The number of carboxylic acid groups (broad SMARTS) is 1. The molecule has 8 nitrogen and oxygen atoms in total. The summed E-state index contributed by atoms with van der Waals surface area (Å²) in [7, 11) is 0. The van der Waals surface area contributed by atoms with Gasteiger partial charge >= 0.3 is 12.1 Å². The van der Waals surface area contributed by atoms with Crippen molar-refractivity contribution in [2.75, 3.05) is 13.2 Å². The van der Waals surface area contributed by atoms with Crippen LogP contribution < -0.4 is 4.74 Å². The molecule has 0 amide bonds. The van der Waals surface area contributed by atoms with Crippen LogP contribution in [0.4, 0.5) is 30.7 Å². The molecule has 2 aromatic carbocycles. The van der Waals surface area contributed by atoms with Crippen molar-refractivity contribution in [2.45, 2.75) is 57.8 Å². The molecule has 1 N–H and O–H groups in total. The molecule has 4 aromatic rings. The molecule has 2 aromatic heterocycles. The van der Waals surface area contributed by atoms with Crippen LogP contribution in [0.3, 0.4) is 0 Å². The minimum atomic E-state index is -4.90. The molecule has 0 bridgehead atoms. The van der Waals surface area contributed by atoms with Gasteiger partial charge in [0.15, 0.2) is 5.82 Å². The molecule has 0 aliphatic carbocycles. The number of aromatic carboxylic acids is 1. The molecule has 15 heteroatoms. The zero-order valence-corrected chi connectivity index (χ0v) is 23.6. The fourth-order valence-corrected chi connectivity index (χ4v) is 5.61. The number of imidazole rings is 1. The summed E-state index contributed by atoms with van der Waals surface area (Å²) in [4.78, 5) is 22.1. The first-order chi connectivity index (χ1) is 21.3. The van der Waals surface area contributed by atoms with E-state index in [1.807, 2.05) is 4.90 Å². The quantitative estimate of drug-likeness (QED) is 0.230. The van der Waals surface area contributed by atoms with E-state index in [1.54, 1.807) is 11.5 Å². The molecule has 4 heterocycles. The SMILES string of the molecule is C[C@H]1c2nc(OCc3c(F)cc(F)cc3F)c(C(F)(F)F)cc2CCN1Cc1nc2c(F)cc(C(=O)O)cc2n1C[C@@H]1CCO1. The molecule has 2 aliphatic heterocycles. The van der Waals surface area contributed by atoms with Gasteiger partial charge in [-0.2, -0.15) is 13.2 Å². The maximum atomic E-state index is 15.0. The summed E-state index contributed by atoms with van der Waals surface area (Å²) in [5.74, 6) is -6.45. The Kier molecular flexibility index (Phi) is 7.93. The molecule has 0 spiro atoms. The number of pyridine rings is 1. The number of rotatable bonds is 8. The van der Waals surface area contributed by atoms with Crippen LogP contribution in [0.25, 0.3) is 11.0 Å². The van der Waals surface area contributed by atoms with E-state index in [9.17, 15) is 40.6 Å². The predicted molar refractivity (Wildman–Crippen MR) is 143 cm³/mol. The van der Waals surface area contributed by atoms with Crippen molar-refractivity contribution < 1.29 is 50.1 Å². The average Bonchev–Trinajstić information content (AvgIpc) is 3.28. The van der Waals surface area contributed by atoms with E-state index in [2.05, 4.69) is 9.97 Å². The van der Waals surface area contributed by atoms with Gasteiger partial charge in [0, 0.05) is 25.3 Å². The van der Waals surface area contributed by atoms with E-state index in [0.717, 1.165) is 18.6 Å². The van der Waals surface area contributed by atoms with Crippen LogP contribution in [0.2, 0.25) is 0 Å². The number of hydrogen-bond donors (Lipinski definition) is 1. The Morgan fingerprint density at radius 1 is 1.07 bits per heavy atom. The van der Waals surface area contributed by atoms with Gasteiger partial charge in [0.2, 0.25) is 5.88 Å². The Bertz CT molecular complexity index is 1780. The van der Waals surface area contributed by atoms with Crippen LogP contribution in [0.5, 0.6) is 5.88 Å². The number of ether oxygens (including phenoxy) is 2. The van der Waals surface area contributed by atoms with Gasteiger partial charge < -0.3 is 19.1 Å². The third-order valence-corrected chi connectivity index (χ3v) is 8.13. The van der Waals surface area contributed by atoms with Gasteiger partial charge in [-0.1, -0.05) is 0 Å². The van der Waals surface area contributed by atoms with Crippen molar-refractivity contribution >= 4 is 17.0 Å². The first kappa shape index (κ1) is 30.8. The number of hydrogen-bond acceptors (Lipinski definition) is 6. The van der Waals surface area contributed by atoms with E-state index < -0.39 is 65.1 Å². The van der Waals surface area contributed by atoms with Crippen molar-refractivity contribution in [2.24, 2.45) is 0 Å². The lowest BCUT2D eigenvalue weighted by Crippen LogP contribution is -2.36. The second-order valence-electron chi connectivity index (χ2n) is 11.0. The molecule has 0 unspecified atom stereocenters. The topological polar surface area (TPSA) is 89.7 Å².